The fraction of sp³-hybridized carbons (Fsp3) is 0.192. The summed E-state index contributed by atoms with van der Waals surface area (Å²) in [6.45, 7) is 4.16. The van der Waals surface area contributed by atoms with Crippen LogP contribution in [-0.2, 0) is 16.2 Å². The number of benzene rings is 2. The number of aromatic nitrogens is 2. The number of oxime groups is 1. The van der Waals surface area contributed by atoms with Crippen LogP contribution in [-0.4, -0.2) is 39.4 Å². The molecule has 4 aromatic rings. The highest BCUT2D eigenvalue weighted by atomic mass is 16.7. The maximum absolute atomic E-state index is 13.2. The molecule has 0 bridgehead atoms. The van der Waals surface area contributed by atoms with E-state index in [4.69, 9.17) is 9.57 Å². The van der Waals surface area contributed by atoms with Gasteiger partial charge in [0.1, 0.15) is 11.5 Å². The van der Waals surface area contributed by atoms with Crippen LogP contribution < -0.4 is 4.74 Å². The normalized spacial score (nSPS) is 14.6. The Morgan fingerprint density at radius 3 is 2.71 bits per heavy atom. The smallest absolute Gasteiger partial charge is 0.331 e. The molecule has 1 aliphatic rings. The number of fused-ring (bicyclic) bond motifs is 5. The second-order valence-electron chi connectivity index (χ2n) is 7.93. The molecule has 5 rings (SSSR count). The van der Waals surface area contributed by atoms with E-state index in [1.165, 1.54) is 6.92 Å². The number of hydrogen-bond donors (Lipinski definition) is 0. The van der Waals surface area contributed by atoms with Crippen LogP contribution in [0.4, 0.5) is 0 Å². The molecule has 2 aromatic heterocycles. The van der Waals surface area contributed by atoms with Gasteiger partial charge in [0.25, 0.3) is 0 Å². The van der Waals surface area contributed by atoms with Crippen molar-refractivity contribution in [3.8, 4) is 5.75 Å². The molecule has 0 aliphatic carbocycles. The molecule has 0 atom stereocenters. The third kappa shape index (κ3) is 3.53. The van der Waals surface area contributed by atoms with Gasteiger partial charge in [-0.1, -0.05) is 5.16 Å². The van der Waals surface area contributed by atoms with Gasteiger partial charge in [0.05, 0.1) is 23.1 Å². The van der Waals surface area contributed by atoms with Gasteiger partial charge in [-0.15, -0.1) is 0 Å². The number of hydrogen-bond acceptors (Lipinski definition) is 7. The van der Waals surface area contributed by atoms with E-state index in [0.29, 0.717) is 29.0 Å². The highest BCUT2D eigenvalue weighted by Crippen LogP contribution is 2.40. The zero-order valence-electron chi connectivity index (χ0n) is 18.7. The minimum absolute atomic E-state index is 0.125. The summed E-state index contributed by atoms with van der Waals surface area (Å²) in [7, 11) is 0. The molecular formula is C26H21N3O5. The summed E-state index contributed by atoms with van der Waals surface area (Å²) in [4.78, 5) is 46.2. The SMILES string of the molecule is CCn1c2ccc(C(=O)c3cccnc3)cc2c2c3c(ccc21)C(=O)/C(=N/OC(C)=O)CCO3. The van der Waals surface area contributed by atoms with Crippen LogP contribution in [0.3, 0.4) is 0 Å². The maximum atomic E-state index is 13.2. The Morgan fingerprint density at radius 2 is 1.97 bits per heavy atom. The van der Waals surface area contributed by atoms with Gasteiger partial charge in [-0.25, -0.2) is 4.79 Å². The molecule has 8 heteroatoms. The van der Waals surface area contributed by atoms with Crippen LogP contribution >= 0.6 is 0 Å². The fourth-order valence-electron chi connectivity index (χ4n) is 4.36. The van der Waals surface area contributed by atoms with Crippen LogP contribution in [0.25, 0.3) is 21.8 Å². The van der Waals surface area contributed by atoms with E-state index in [1.807, 2.05) is 25.1 Å². The zero-order valence-corrected chi connectivity index (χ0v) is 18.7. The van der Waals surface area contributed by atoms with E-state index in [2.05, 4.69) is 14.7 Å². The molecular weight excluding hydrogens is 434 g/mol. The summed E-state index contributed by atoms with van der Waals surface area (Å²) < 4.78 is 8.19. The number of nitrogens with zero attached hydrogens (tertiary/aromatic N) is 3. The summed E-state index contributed by atoms with van der Waals surface area (Å²) in [5.74, 6) is -0.644. The van der Waals surface area contributed by atoms with Crippen LogP contribution in [0.5, 0.6) is 5.75 Å². The van der Waals surface area contributed by atoms with E-state index < -0.39 is 5.97 Å². The Balaban J connectivity index is 1.72. The maximum Gasteiger partial charge on any atom is 0.331 e. The van der Waals surface area contributed by atoms with Gasteiger partial charge in [-0.05, 0) is 49.4 Å². The topological polar surface area (TPSA) is 99.9 Å². The summed E-state index contributed by atoms with van der Waals surface area (Å²) >= 11 is 0. The third-order valence-corrected chi connectivity index (χ3v) is 5.86. The van der Waals surface area contributed by atoms with E-state index in [9.17, 15) is 14.4 Å². The number of pyridine rings is 1. The Morgan fingerprint density at radius 1 is 1.15 bits per heavy atom. The highest BCUT2D eigenvalue weighted by Gasteiger charge is 2.28. The van der Waals surface area contributed by atoms with Crippen molar-refractivity contribution < 1.29 is 24.0 Å². The lowest BCUT2D eigenvalue weighted by Crippen LogP contribution is -2.15. The third-order valence-electron chi connectivity index (χ3n) is 5.86. The molecule has 170 valence electrons. The second kappa shape index (κ2) is 8.55. The number of carbonyl (C=O) groups excluding carboxylic acids is 3. The molecule has 1 aliphatic heterocycles. The number of Topliss-reactive ketones (excluding diaryl/α,β-unsaturated/α-hetero) is 1. The standard InChI is InChI=1S/C26H21N3O5/c1-3-29-21-8-6-16(24(31)17-5-4-11-27-14-17)13-19(21)23-22(29)9-7-18-25(32)20(28-34-15(2)30)10-12-33-26(18)23/h4-9,11,13-14H,3,10,12H2,1-2H3/b28-20+. The first-order valence-electron chi connectivity index (χ1n) is 10.9. The van der Waals surface area contributed by atoms with Crippen molar-refractivity contribution in [3.05, 3.63) is 71.5 Å². The van der Waals surface area contributed by atoms with Gasteiger partial charge in [0.2, 0.25) is 5.78 Å². The molecule has 0 unspecified atom stereocenters. The average molecular weight is 455 g/mol. The Hall–Kier alpha value is -4.33. The van der Waals surface area contributed by atoms with Crippen LogP contribution in [0.1, 0.15) is 46.5 Å². The molecule has 2 aromatic carbocycles. The Kier molecular flexibility index (Phi) is 5.41. The molecule has 0 spiro atoms. The lowest BCUT2D eigenvalue weighted by Gasteiger charge is -2.09. The summed E-state index contributed by atoms with van der Waals surface area (Å²) in [6, 6.07) is 12.6. The molecule has 0 saturated heterocycles. The van der Waals surface area contributed by atoms with Crippen LogP contribution in [0, 0.1) is 0 Å². The second-order valence-corrected chi connectivity index (χ2v) is 7.93. The summed E-state index contributed by atoms with van der Waals surface area (Å²) in [6.07, 6.45) is 3.37. The van der Waals surface area contributed by atoms with Crippen molar-refractivity contribution in [1.82, 2.24) is 9.55 Å². The van der Waals surface area contributed by atoms with Crippen molar-refractivity contribution in [3.63, 3.8) is 0 Å². The van der Waals surface area contributed by atoms with Gasteiger partial charge in [0, 0.05) is 54.3 Å². The Labute approximate surface area is 194 Å². The fourth-order valence-corrected chi connectivity index (χ4v) is 4.36. The monoisotopic (exact) mass is 455 g/mol. The molecule has 0 radical (unpaired) electrons. The van der Waals surface area contributed by atoms with E-state index in [1.54, 1.807) is 36.7 Å². The summed E-state index contributed by atoms with van der Waals surface area (Å²) in [5.41, 5.74) is 3.32. The first-order chi connectivity index (χ1) is 16.5. The van der Waals surface area contributed by atoms with E-state index >= 15 is 0 Å². The number of ether oxygens (including phenoxy) is 1. The van der Waals surface area contributed by atoms with Crippen molar-refractivity contribution in [2.45, 2.75) is 26.8 Å². The minimum Gasteiger partial charge on any atom is -0.492 e. The van der Waals surface area contributed by atoms with Gasteiger partial charge >= 0.3 is 5.97 Å². The number of carbonyl (C=O) groups is 3. The highest BCUT2D eigenvalue weighted by molar-refractivity contribution is 6.47. The summed E-state index contributed by atoms with van der Waals surface area (Å²) in [5, 5.41) is 5.32. The zero-order chi connectivity index (χ0) is 23.8. The van der Waals surface area contributed by atoms with Gasteiger partial charge < -0.3 is 14.1 Å². The minimum atomic E-state index is -0.599. The predicted octanol–water partition coefficient (Wildman–Crippen LogP) is 4.32. The first kappa shape index (κ1) is 21.5. The van der Waals surface area contributed by atoms with Crippen molar-refractivity contribution in [2.24, 2.45) is 5.16 Å². The average Bonchev–Trinajstić information content (AvgIpc) is 3.09. The van der Waals surface area contributed by atoms with E-state index in [0.717, 1.165) is 21.8 Å². The van der Waals surface area contributed by atoms with Gasteiger partial charge in [-0.2, -0.15) is 0 Å². The molecule has 34 heavy (non-hydrogen) atoms. The number of aryl methyl sites for hydroxylation is 1. The van der Waals surface area contributed by atoms with E-state index in [-0.39, 0.29) is 30.3 Å². The first-order valence-corrected chi connectivity index (χ1v) is 10.9. The van der Waals surface area contributed by atoms with Gasteiger partial charge in [0.15, 0.2) is 5.78 Å². The van der Waals surface area contributed by atoms with Crippen LogP contribution in [0.15, 0.2) is 60.0 Å². The van der Waals surface area contributed by atoms with Crippen molar-refractivity contribution in [1.29, 1.82) is 0 Å². The quantitative estimate of drug-likeness (QED) is 0.258. The van der Waals surface area contributed by atoms with Crippen LogP contribution in [0.2, 0.25) is 0 Å². The molecule has 0 N–H and O–H groups in total. The number of ketones is 2. The van der Waals surface area contributed by atoms with Crippen molar-refractivity contribution >= 4 is 45.1 Å². The van der Waals surface area contributed by atoms with Crippen molar-refractivity contribution in [2.75, 3.05) is 6.61 Å². The predicted molar refractivity (Wildman–Crippen MR) is 126 cm³/mol. The Bertz CT molecular complexity index is 1500. The lowest BCUT2D eigenvalue weighted by molar-refractivity contribution is -0.140. The molecule has 0 amide bonds. The number of rotatable bonds is 4. The lowest BCUT2D eigenvalue weighted by atomic mass is 9.99. The molecule has 8 nitrogen and oxygen atoms in total. The largest absolute Gasteiger partial charge is 0.492 e. The molecule has 3 heterocycles. The molecule has 0 fully saturated rings. The molecule has 0 saturated carbocycles. The van der Waals surface area contributed by atoms with Gasteiger partial charge in [-0.3, -0.25) is 14.6 Å².